The Morgan fingerprint density at radius 1 is 1.25 bits per heavy atom. The summed E-state index contributed by atoms with van der Waals surface area (Å²) in [4.78, 5) is 0. The molecule has 86 valence electrons. The first-order valence-corrected chi connectivity index (χ1v) is 6.51. The Morgan fingerprint density at radius 3 is 3.00 bits per heavy atom. The third-order valence-corrected chi connectivity index (χ3v) is 4.44. The minimum absolute atomic E-state index is 0.381. The zero-order valence-corrected chi connectivity index (χ0v) is 10.3. The van der Waals surface area contributed by atoms with Gasteiger partial charge in [0.2, 0.25) is 0 Å². The minimum atomic E-state index is 0.381. The smallest absolute Gasteiger partial charge is 0.0208 e. The largest absolute Gasteiger partial charge is 0.313 e. The van der Waals surface area contributed by atoms with E-state index in [1.165, 1.54) is 25.8 Å². The molecule has 1 N–H and O–H groups in total. The minimum Gasteiger partial charge on any atom is -0.313 e. The van der Waals surface area contributed by atoms with Crippen molar-refractivity contribution >= 4 is 0 Å². The van der Waals surface area contributed by atoms with Crippen molar-refractivity contribution in [1.29, 1.82) is 0 Å². The van der Waals surface area contributed by atoms with Crippen LogP contribution in [0.2, 0.25) is 0 Å². The number of benzene rings is 1. The van der Waals surface area contributed by atoms with Gasteiger partial charge in [-0.15, -0.1) is 0 Å². The molecule has 1 aliphatic carbocycles. The fourth-order valence-corrected chi connectivity index (χ4v) is 3.44. The molecule has 1 heteroatoms. The molecule has 0 saturated carbocycles. The van der Waals surface area contributed by atoms with E-state index in [4.69, 9.17) is 0 Å². The lowest BCUT2D eigenvalue weighted by atomic mass is 9.67. The van der Waals surface area contributed by atoms with Gasteiger partial charge in [0.15, 0.2) is 0 Å². The lowest BCUT2D eigenvalue weighted by molar-refractivity contribution is 0.383. The Hall–Kier alpha value is -0.820. The van der Waals surface area contributed by atoms with Crippen LogP contribution in [0.1, 0.15) is 55.7 Å². The van der Waals surface area contributed by atoms with E-state index in [1.54, 1.807) is 16.7 Å². The summed E-state index contributed by atoms with van der Waals surface area (Å²) in [6.45, 7) is 7.04. The quantitative estimate of drug-likeness (QED) is 0.700. The highest BCUT2D eigenvalue weighted by Crippen LogP contribution is 2.45. The van der Waals surface area contributed by atoms with Crippen LogP contribution in [0.4, 0.5) is 0 Å². The van der Waals surface area contributed by atoms with Crippen molar-refractivity contribution in [2.24, 2.45) is 0 Å². The molecule has 0 radical (unpaired) electrons. The van der Waals surface area contributed by atoms with Crippen molar-refractivity contribution in [1.82, 2.24) is 5.32 Å². The normalized spacial score (nSPS) is 27.0. The molecular formula is C15H21N. The third-order valence-electron chi connectivity index (χ3n) is 4.44. The van der Waals surface area contributed by atoms with Crippen molar-refractivity contribution in [2.45, 2.75) is 51.0 Å². The van der Waals surface area contributed by atoms with Crippen LogP contribution in [0.15, 0.2) is 18.2 Å². The summed E-state index contributed by atoms with van der Waals surface area (Å²) in [5.74, 6) is 0.814. The molecule has 0 amide bonds. The lowest BCUT2D eigenvalue weighted by Crippen LogP contribution is -2.27. The fraction of sp³-hybridized carbons (Fsp3) is 0.600. The van der Waals surface area contributed by atoms with Gasteiger partial charge in [-0.2, -0.15) is 0 Å². The predicted octanol–water partition coefficient (Wildman–Crippen LogP) is 3.33. The van der Waals surface area contributed by atoms with Crippen LogP contribution in [0.5, 0.6) is 0 Å². The standard InChI is InChI=1S/C15H21N/c1-15(2)8-6-11-7-9-16-10-12-4-3-5-13(15)14(11)12/h3-5,11,16H,6-10H2,1-2H3/t11-/m0/s1. The van der Waals surface area contributed by atoms with E-state index in [1.807, 2.05) is 0 Å². The van der Waals surface area contributed by atoms with Crippen molar-refractivity contribution in [3.8, 4) is 0 Å². The number of hydrogen-bond acceptors (Lipinski definition) is 1. The summed E-state index contributed by atoms with van der Waals surface area (Å²) in [5, 5.41) is 3.55. The van der Waals surface area contributed by atoms with E-state index < -0.39 is 0 Å². The maximum atomic E-state index is 3.55. The van der Waals surface area contributed by atoms with Crippen molar-refractivity contribution < 1.29 is 0 Å². The number of rotatable bonds is 0. The predicted molar refractivity (Wildman–Crippen MR) is 67.8 cm³/mol. The molecule has 1 atom stereocenters. The van der Waals surface area contributed by atoms with Crippen LogP contribution in [0.25, 0.3) is 0 Å². The molecule has 1 nitrogen and oxygen atoms in total. The Morgan fingerprint density at radius 2 is 2.12 bits per heavy atom. The van der Waals surface area contributed by atoms with Crippen LogP contribution >= 0.6 is 0 Å². The van der Waals surface area contributed by atoms with Gasteiger partial charge in [-0.1, -0.05) is 32.0 Å². The molecule has 1 aliphatic heterocycles. The van der Waals surface area contributed by atoms with E-state index in [0.717, 1.165) is 12.5 Å². The highest BCUT2D eigenvalue weighted by molar-refractivity contribution is 5.44. The maximum Gasteiger partial charge on any atom is 0.0208 e. The molecular weight excluding hydrogens is 194 g/mol. The summed E-state index contributed by atoms with van der Waals surface area (Å²) in [6.07, 6.45) is 4.03. The van der Waals surface area contributed by atoms with Crippen molar-refractivity contribution in [3.63, 3.8) is 0 Å². The monoisotopic (exact) mass is 215 g/mol. The van der Waals surface area contributed by atoms with E-state index in [9.17, 15) is 0 Å². The molecule has 0 bridgehead atoms. The maximum absolute atomic E-state index is 3.55. The molecule has 0 fully saturated rings. The summed E-state index contributed by atoms with van der Waals surface area (Å²) in [5.41, 5.74) is 5.23. The van der Waals surface area contributed by atoms with Gasteiger partial charge >= 0.3 is 0 Å². The molecule has 3 rings (SSSR count). The van der Waals surface area contributed by atoms with E-state index >= 15 is 0 Å². The Bertz CT molecular complexity index is 406. The van der Waals surface area contributed by atoms with Crippen LogP contribution in [0, 0.1) is 0 Å². The van der Waals surface area contributed by atoms with Gasteiger partial charge in [0.25, 0.3) is 0 Å². The third kappa shape index (κ3) is 1.49. The molecule has 0 aromatic heterocycles. The van der Waals surface area contributed by atoms with E-state index in [0.29, 0.717) is 5.41 Å². The van der Waals surface area contributed by atoms with Gasteiger partial charge in [-0.05, 0) is 53.8 Å². The average molecular weight is 215 g/mol. The second-order valence-corrected chi connectivity index (χ2v) is 5.96. The molecule has 0 unspecified atom stereocenters. The first-order valence-electron chi connectivity index (χ1n) is 6.51. The second-order valence-electron chi connectivity index (χ2n) is 5.96. The second kappa shape index (κ2) is 3.59. The molecule has 16 heavy (non-hydrogen) atoms. The van der Waals surface area contributed by atoms with Crippen LogP contribution < -0.4 is 5.32 Å². The number of hydrogen-bond donors (Lipinski definition) is 1. The summed E-state index contributed by atoms with van der Waals surface area (Å²) >= 11 is 0. The zero-order chi connectivity index (χ0) is 11.2. The van der Waals surface area contributed by atoms with Gasteiger partial charge < -0.3 is 5.32 Å². The van der Waals surface area contributed by atoms with Gasteiger partial charge in [0.1, 0.15) is 0 Å². The van der Waals surface area contributed by atoms with E-state index in [-0.39, 0.29) is 0 Å². The highest BCUT2D eigenvalue weighted by Gasteiger charge is 2.34. The zero-order valence-electron chi connectivity index (χ0n) is 10.3. The fourth-order valence-electron chi connectivity index (χ4n) is 3.44. The molecule has 1 heterocycles. The van der Waals surface area contributed by atoms with Gasteiger partial charge in [0, 0.05) is 6.54 Å². The van der Waals surface area contributed by atoms with Crippen molar-refractivity contribution in [2.75, 3.05) is 6.54 Å². The first-order chi connectivity index (χ1) is 7.68. The molecule has 0 spiro atoms. The van der Waals surface area contributed by atoms with Gasteiger partial charge in [-0.3, -0.25) is 0 Å². The van der Waals surface area contributed by atoms with Gasteiger partial charge in [-0.25, -0.2) is 0 Å². The Balaban J connectivity index is 2.19. The average Bonchev–Trinajstić information content (AvgIpc) is 2.47. The molecule has 1 aromatic carbocycles. The summed E-state index contributed by atoms with van der Waals surface area (Å²) in [6, 6.07) is 6.91. The topological polar surface area (TPSA) is 12.0 Å². The highest BCUT2D eigenvalue weighted by atomic mass is 14.9. The van der Waals surface area contributed by atoms with Crippen LogP contribution in [-0.4, -0.2) is 6.54 Å². The molecule has 0 saturated heterocycles. The SMILES string of the molecule is CC1(C)CC[C@H]2CCNCc3cccc1c32. The Labute approximate surface area is 98.3 Å². The van der Waals surface area contributed by atoms with Gasteiger partial charge in [0.05, 0.1) is 0 Å². The molecule has 1 aromatic rings. The first kappa shape index (κ1) is 10.3. The number of nitrogens with one attached hydrogen (secondary N) is 1. The van der Waals surface area contributed by atoms with Crippen LogP contribution in [-0.2, 0) is 12.0 Å². The molecule has 2 aliphatic rings. The summed E-state index contributed by atoms with van der Waals surface area (Å²) < 4.78 is 0. The lowest BCUT2D eigenvalue weighted by Gasteiger charge is -2.37. The van der Waals surface area contributed by atoms with Crippen LogP contribution in [0.3, 0.4) is 0 Å². The van der Waals surface area contributed by atoms with Crippen molar-refractivity contribution in [3.05, 3.63) is 34.9 Å². The summed E-state index contributed by atoms with van der Waals surface area (Å²) in [7, 11) is 0. The van der Waals surface area contributed by atoms with E-state index in [2.05, 4.69) is 37.4 Å². The Kier molecular flexibility index (Phi) is 2.32.